The summed E-state index contributed by atoms with van der Waals surface area (Å²) in [5, 5.41) is 0. The van der Waals surface area contributed by atoms with Gasteiger partial charge in [-0.15, -0.1) is 0 Å². The van der Waals surface area contributed by atoms with E-state index in [-0.39, 0.29) is 5.97 Å². The number of hydrogen-bond acceptors (Lipinski definition) is 3. The number of hydrogen-bond donors (Lipinski definition) is 0. The zero-order valence-electron chi connectivity index (χ0n) is 11.2. The largest absolute Gasteiger partial charge is 0.463 e. The Morgan fingerprint density at radius 2 is 2.00 bits per heavy atom. The fourth-order valence-corrected chi connectivity index (χ4v) is 2.50. The van der Waals surface area contributed by atoms with E-state index in [0.717, 1.165) is 12.5 Å². The average Bonchev–Trinajstić information content (AvgIpc) is 2.30. The van der Waals surface area contributed by atoms with Crippen molar-refractivity contribution >= 4 is 5.97 Å². The molecule has 1 aliphatic carbocycles. The Labute approximate surface area is 105 Å². The highest BCUT2D eigenvalue weighted by atomic mass is 16.5. The van der Waals surface area contributed by atoms with Crippen LogP contribution in [0.15, 0.2) is 12.2 Å². The van der Waals surface area contributed by atoms with Gasteiger partial charge in [0.05, 0.1) is 6.61 Å². The molecule has 0 heterocycles. The van der Waals surface area contributed by atoms with E-state index in [0.29, 0.717) is 18.7 Å². The van der Waals surface area contributed by atoms with E-state index in [9.17, 15) is 4.79 Å². The minimum atomic E-state index is -0.261. The van der Waals surface area contributed by atoms with E-state index in [4.69, 9.17) is 4.74 Å². The van der Waals surface area contributed by atoms with Gasteiger partial charge in [-0.3, -0.25) is 0 Å². The van der Waals surface area contributed by atoms with E-state index in [1.165, 1.54) is 32.1 Å². The van der Waals surface area contributed by atoms with Crippen molar-refractivity contribution in [3.8, 4) is 0 Å². The summed E-state index contributed by atoms with van der Waals surface area (Å²) >= 11 is 0. The van der Waals surface area contributed by atoms with Gasteiger partial charge in [0.15, 0.2) is 0 Å². The summed E-state index contributed by atoms with van der Waals surface area (Å²) < 4.78 is 4.93. The summed E-state index contributed by atoms with van der Waals surface area (Å²) in [4.78, 5) is 13.6. The monoisotopic (exact) mass is 239 g/mol. The SMILES string of the molecule is C=C(CN(C)CC1CCCCC1)C(=O)OCC. The minimum absolute atomic E-state index is 0.261. The van der Waals surface area contributed by atoms with Crippen molar-refractivity contribution in [2.24, 2.45) is 5.92 Å². The summed E-state index contributed by atoms with van der Waals surface area (Å²) in [5.41, 5.74) is 0.560. The molecule has 0 N–H and O–H groups in total. The number of esters is 1. The Kier molecular flexibility index (Phi) is 6.27. The molecule has 0 aromatic carbocycles. The molecular weight excluding hydrogens is 214 g/mol. The fraction of sp³-hybridized carbons (Fsp3) is 0.786. The van der Waals surface area contributed by atoms with Gasteiger partial charge in [-0.25, -0.2) is 4.79 Å². The van der Waals surface area contributed by atoms with Crippen molar-refractivity contribution < 1.29 is 9.53 Å². The van der Waals surface area contributed by atoms with Crippen LogP contribution in [0.4, 0.5) is 0 Å². The third-order valence-corrected chi connectivity index (χ3v) is 3.32. The molecule has 1 rings (SSSR count). The molecule has 0 aliphatic heterocycles. The molecule has 0 saturated heterocycles. The summed E-state index contributed by atoms with van der Waals surface area (Å²) in [6.07, 6.45) is 6.76. The van der Waals surface area contributed by atoms with Crippen molar-refractivity contribution in [2.75, 3.05) is 26.7 Å². The lowest BCUT2D eigenvalue weighted by Gasteiger charge is -2.27. The van der Waals surface area contributed by atoms with Gasteiger partial charge in [0.2, 0.25) is 0 Å². The van der Waals surface area contributed by atoms with Gasteiger partial charge in [-0.05, 0) is 32.7 Å². The van der Waals surface area contributed by atoms with Crippen molar-refractivity contribution in [1.29, 1.82) is 0 Å². The molecule has 0 amide bonds. The van der Waals surface area contributed by atoms with E-state index in [1.807, 2.05) is 6.92 Å². The van der Waals surface area contributed by atoms with Gasteiger partial charge in [0, 0.05) is 18.7 Å². The van der Waals surface area contributed by atoms with Crippen LogP contribution in [0.1, 0.15) is 39.0 Å². The van der Waals surface area contributed by atoms with E-state index < -0.39 is 0 Å². The molecule has 0 radical (unpaired) electrons. The average molecular weight is 239 g/mol. The smallest absolute Gasteiger partial charge is 0.334 e. The second-order valence-electron chi connectivity index (χ2n) is 5.02. The second-order valence-corrected chi connectivity index (χ2v) is 5.02. The van der Waals surface area contributed by atoms with Crippen LogP contribution in [0.2, 0.25) is 0 Å². The molecule has 1 aliphatic rings. The van der Waals surface area contributed by atoms with Gasteiger partial charge in [-0.1, -0.05) is 25.8 Å². The van der Waals surface area contributed by atoms with Crippen molar-refractivity contribution in [3.05, 3.63) is 12.2 Å². The Morgan fingerprint density at radius 1 is 1.35 bits per heavy atom. The summed E-state index contributed by atoms with van der Waals surface area (Å²) in [6.45, 7) is 7.72. The predicted molar refractivity (Wildman–Crippen MR) is 69.8 cm³/mol. The Morgan fingerprint density at radius 3 is 2.59 bits per heavy atom. The molecule has 0 atom stereocenters. The first kappa shape index (κ1) is 14.2. The van der Waals surface area contributed by atoms with E-state index in [1.54, 1.807) is 0 Å². The molecule has 1 fully saturated rings. The number of carbonyl (C=O) groups excluding carboxylic acids is 1. The molecule has 0 aromatic heterocycles. The van der Waals surface area contributed by atoms with Gasteiger partial charge in [0.25, 0.3) is 0 Å². The number of ether oxygens (including phenoxy) is 1. The Bertz CT molecular complexity index is 257. The van der Waals surface area contributed by atoms with Crippen LogP contribution >= 0.6 is 0 Å². The van der Waals surface area contributed by atoms with E-state index >= 15 is 0 Å². The maximum atomic E-state index is 11.4. The van der Waals surface area contributed by atoms with Crippen LogP contribution in [0.5, 0.6) is 0 Å². The van der Waals surface area contributed by atoms with Gasteiger partial charge in [0.1, 0.15) is 0 Å². The highest BCUT2D eigenvalue weighted by Gasteiger charge is 2.17. The fourth-order valence-electron chi connectivity index (χ4n) is 2.50. The number of likely N-dealkylation sites (N-methyl/N-ethyl adjacent to an activating group) is 1. The molecule has 98 valence electrons. The third-order valence-electron chi connectivity index (χ3n) is 3.32. The minimum Gasteiger partial charge on any atom is -0.463 e. The van der Waals surface area contributed by atoms with Crippen LogP contribution in [0.25, 0.3) is 0 Å². The van der Waals surface area contributed by atoms with Gasteiger partial charge < -0.3 is 9.64 Å². The highest BCUT2D eigenvalue weighted by molar-refractivity contribution is 5.88. The van der Waals surface area contributed by atoms with Crippen LogP contribution < -0.4 is 0 Å². The van der Waals surface area contributed by atoms with Gasteiger partial charge >= 0.3 is 5.97 Å². The normalized spacial score (nSPS) is 17.1. The zero-order valence-corrected chi connectivity index (χ0v) is 11.2. The molecule has 1 saturated carbocycles. The summed E-state index contributed by atoms with van der Waals surface area (Å²) in [6, 6.07) is 0. The first-order valence-electron chi connectivity index (χ1n) is 6.67. The highest BCUT2D eigenvalue weighted by Crippen LogP contribution is 2.24. The first-order chi connectivity index (χ1) is 8.13. The maximum Gasteiger partial charge on any atom is 0.334 e. The zero-order chi connectivity index (χ0) is 12.7. The number of rotatable bonds is 6. The third kappa shape index (κ3) is 5.35. The molecule has 17 heavy (non-hydrogen) atoms. The Balaban J connectivity index is 2.25. The molecule has 0 spiro atoms. The molecule has 3 nitrogen and oxygen atoms in total. The number of nitrogens with zero attached hydrogens (tertiary/aromatic N) is 1. The lowest BCUT2D eigenvalue weighted by Crippen LogP contribution is -2.30. The lowest BCUT2D eigenvalue weighted by atomic mass is 9.89. The first-order valence-corrected chi connectivity index (χ1v) is 6.67. The molecule has 0 unspecified atom stereocenters. The summed E-state index contributed by atoms with van der Waals surface area (Å²) in [5.74, 6) is 0.534. The predicted octanol–water partition coefficient (Wildman–Crippen LogP) is 2.62. The topological polar surface area (TPSA) is 29.5 Å². The van der Waals surface area contributed by atoms with Crippen LogP contribution in [0.3, 0.4) is 0 Å². The lowest BCUT2D eigenvalue weighted by molar-refractivity contribution is -0.138. The molecular formula is C14H25NO2. The standard InChI is InChI=1S/C14H25NO2/c1-4-17-14(16)12(2)10-15(3)11-13-8-6-5-7-9-13/h13H,2,4-11H2,1,3H3. The van der Waals surface area contributed by atoms with Gasteiger partial charge in [-0.2, -0.15) is 0 Å². The van der Waals surface area contributed by atoms with Crippen molar-refractivity contribution in [3.63, 3.8) is 0 Å². The van der Waals surface area contributed by atoms with Crippen molar-refractivity contribution in [1.82, 2.24) is 4.90 Å². The molecule has 3 heteroatoms. The van der Waals surface area contributed by atoms with E-state index in [2.05, 4.69) is 18.5 Å². The molecule has 0 bridgehead atoms. The maximum absolute atomic E-state index is 11.4. The molecule has 0 aromatic rings. The quantitative estimate of drug-likeness (QED) is 0.527. The summed E-state index contributed by atoms with van der Waals surface area (Å²) in [7, 11) is 2.05. The van der Waals surface area contributed by atoms with Crippen LogP contribution in [-0.4, -0.2) is 37.6 Å². The van der Waals surface area contributed by atoms with Crippen molar-refractivity contribution in [2.45, 2.75) is 39.0 Å². The van der Waals surface area contributed by atoms with Crippen LogP contribution in [-0.2, 0) is 9.53 Å². The van der Waals surface area contributed by atoms with Crippen LogP contribution in [0, 0.1) is 5.92 Å². The Hall–Kier alpha value is -0.830. The second kappa shape index (κ2) is 7.49. The number of carbonyl (C=O) groups is 1.